The summed E-state index contributed by atoms with van der Waals surface area (Å²) in [5.41, 5.74) is 0. The van der Waals surface area contributed by atoms with E-state index in [4.69, 9.17) is 9.84 Å². The van der Waals surface area contributed by atoms with Gasteiger partial charge in [-0.1, -0.05) is 0 Å². The molecule has 1 fully saturated rings. The van der Waals surface area contributed by atoms with Gasteiger partial charge in [0.2, 0.25) is 5.91 Å². The zero-order valence-electron chi connectivity index (χ0n) is 12.8. The van der Waals surface area contributed by atoms with E-state index in [2.05, 4.69) is 9.88 Å². The third-order valence-electron chi connectivity index (χ3n) is 4.09. The van der Waals surface area contributed by atoms with E-state index in [0.717, 1.165) is 13.1 Å². The van der Waals surface area contributed by atoms with Crippen LogP contribution in [0.2, 0.25) is 0 Å². The number of aliphatic hydroxyl groups excluding tert-OH is 1. The third-order valence-corrected chi connectivity index (χ3v) is 4.09. The molecule has 0 bridgehead atoms. The third kappa shape index (κ3) is 3.43. The predicted octanol–water partition coefficient (Wildman–Crippen LogP) is -1.06. The molecule has 1 aromatic rings. The standard InChI is InChI=1S/C15H20N4O4/c20-9-8-17-4-6-18(7-5-17)13(21)10-19-14(22)11-23-12-2-1-3-16-15(12)19/h1-3,20H,4-11H2. The normalized spacial score (nSPS) is 18.6. The largest absolute Gasteiger partial charge is 0.480 e. The minimum atomic E-state index is -0.261. The molecule has 0 aliphatic carbocycles. The van der Waals surface area contributed by atoms with Gasteiger partial charge in [0.1, 0.15) is 6.54 Å². The van der Waals surface area contributed by atoms with E-state index >= 15 is 0 Å². The van der Waals surface area contributed by atoms with Crippen LogP contribution >= 0.6 is 0 Å². The van der Waals surface area contributed by atoms with Crippen LogP contribution in [0.4, 0.5) is 5.82 Å². The molecule has 2 aliphatic rings. The van der Waals surface area contributed by atoms with E-state index in [0.29, 0.717) is 31.2 Å². The molecule has 124 valence electrons. The highest BCUT2D eigenvalue weighted by atomic mass is 16.5. The number of piperazine rings is 1. The molecule has 1 N–H and O–H groups in total. The maximum atomic E-state index is 12.5. The first kappa shape index (κ1) is 15.7. The topological polar surface area (TPSA) is 86.2 Å². The first-order valence-electron chi connectivity index (χ1n) is 7.68. The van der Waals surface area contributed by atoms with Crippen molar-refractivity contribution >= 4 is 17.6 Å². The number of hydrogen-bond acceptors (Lipinski definition) is 6. The van der Waals surface area contributed by atoms with Crippen molar-refractivity contribution in [3.8, 4) is 5.75 Å². The van der Waals surface area contributed by atoms with Crippen molar-refractivity contribution in [3.63, 3.8) is 0 Å². The van der Waals surface area contributed by atoms with Crippen molar-refractivity contribution < 1.29 is 19.4 Å². The fourth-order valence-corrected chi connectivity index (χ4v) is 2.79. The minimum absolute atomic E-state index is 0.0216. The number of anilines is 1. The van der Waals surface area contributed by atoms with Crippen LogP contribution < -0.4 is 9.64 Å². The number of hydrogen-bond donors (Lipinski definition) is 1. The predicted molar refractivity (Wildman–Crippen MR) is 82.2 cm³/mol. The second-order valence-electron chi connectivity index (χ2n) is 5.54. The molecule has 8 nitrogen and oxygen atoms in total. The van der Waals surface area contributed by atoms with Crippen LogP contribution in [0.5, 0.6) is 5.75 Å². The first-order chi connectivity index (χ1) is 11.2. The molecule has 0 aromatic carbocycles. The molecule has 2 aliphatic heterocycles. The number of amides is 2. The van der Waals surface area contributed by atoms with Crippen molar-refractivity contribution in [2.24, 2.45) is 0 Å². The number of ether oxygens (including phenoxy) is 1. The number of aliphatic hydroxyl groups is 1. The Kier molecular flexibility index (Phi) is 4.73. The quantitative estimate of drug-likeness (QED) is 0.761. The molecule has 3 rings (SSSR count). The lowest BCUT2D eigenvalue weighted by Gasteiger charge is -2.36. The molecule has 3 heterocycles. The van der Waals surface area contributed by atoms with Crippen molar-refractivity contribution in [1.82, 2.24) is 14.8 Å². The van der Waals surface area contributed by atoms with Crippen LogP contribution in [-0.4, -0.2) is 84.2 Å². The highest BCUT2D eigenvalue weighted by Gasteiger charge is 2.30. The summed E-state index contributed by atoms with van der Waals surface area (Å²) < 4.78 is 5.33. The molecule has 0 spiro atoms. The van der Waals surface area contributed by atoms with Crippen molar-refractivity contribution in [2.45, 2.75) is 0 Å². The van der Waals surface area contributed by atoms with E-state index in [1.54, 1.807) is 23.2 Å². The second kappa shape index (κ2) is 6.93. The fourth-order valence-electron chi connectivity index (χ4n) is 2.79. The Balaban J connectivity index is 1.63. The molecular formula is C15H20N4O4. The Morgan fingerprint density at radius 3 is 2.83 bits per heavy atom. The lowest BCUT2D eigenvalue weighted by molar-refractivity contribution is -0.133. The summed E-state index contributed by atoms with van der Waals surface area (Å²) in [7, 11) is 0. The SMILES string of the molecule is O=C(CN1C(=O)COc2cccnc21)N1CCN(CCO)CC1. The van der Waals surface area contributed by atoms with Crippen molar-refractivity contribution in [2.75, 3.05) is 57.4 Å². The van der Waals surface area contributed by atoms with E-state index in [9.17, 15) is 9.59 Å². The number of carbonyl (C=O) groups excluding carboxylic acids is 2. The van der Waals surface area contributed by atoms with Gasteiger partial charge < -0.3 is 14.7 Å². The van der Waals surface area contributed by atoms with E-state index in [1.807, 2.05) is 0 Å². The molecule has 8 heteroatoms. The van der Waals surface area contributed by atoms with Gasteiger partial charge in [0.25, 0.3) is 5.91 Å². The zero-order chi connectivity index (χ0) is 16.2. The number of nitrogens with zero attached hydrogens (tertiary/aromatic N) is 4. The number of carbonyl (C=O) groups is 2. The van der Waals surface area contributed by atoms with Gasteiger partial charge in [-0.05, 0) is 12.1 Å². The Bertz CT molecular complexity index is 587. The van der Waals surface area contributed by atoms with Gasteiger partial charge in [0.15, 0.2) is 18.2 Å². The summed E-state index contributed by atoms with van der Waals surface area (Å²) in [4.78, 5) is 34.0. The molecule has 0 unspecified atom stereocenters. The number of pyridine rings is 1. The average Bonchev–Trinajstić information content (AvgIpc) is 2.58. The maximum absolute atomic E-state index is 12.5. The molecule has 0 radical (unpaired) electrons. The van der Waals surface area contributed by atoms with E-state index in [1.165, 1.54) is 4.90 Å². The molecule has 0 saturated carbocycles. The molecule has 0 atom stereocenters. The smallest absolute Gasteiger partial charge is 0.266 e. The monoisotopic (exact) mass is 320 g/mol. The maximum Gasteiger partial charge on any atom is 0.266 e. The van der Waals surface area contributed by atoms with Gasteiger partial charge in [-0.15, -0.1) is 0 Å². The highest BCUT2D eigenvalue weighted by molar-refractivity contribution is 6.01. The van der Waals surface area contributed by atoms with Gasteiger partial charge in [-0.25, -0.2) is 4.98 Å². The Morgan fingerprint density at radius 2 is 2.09 bits per heavy atom. The fraction of sp³-hybridized carbons (Fsp3) is 0.533. The summed E-state index contributed by atoms with van der Waals surface area (Å²) in [5, 5.41) is 8.95. The molecule has 1 aromatic heterocycles. The van der Waals surface area contributed by atoms with Crippen LogP contribution in [0.3, 0.4) is 0 Å². The van der Waals surface area contributed by atoms with Crippen molar-refractivity contribution in [1.29, 1.82) is 0 Å². The summed E-state index contributed by atoms with van der Waals surface area (Å²) in [5.74, 6) is 0.563. The van der Waals surface area contributed by atoms with Crippen LogP contribution in [0.15, 0.2) is 18.3 Å². The van der Waals surface area contributed by atoms with Gasteiger partial charge in [-0.2, -0.15) is 0 Å². The van der Waals surface area contributed by atoms with Gasteiger partial charge in [-0.3, -0.25) is 19.4 Å². The summed E-state index contributed by atoms with van der Waals surface area (Å²) in [6.45, 7) is 3.33. The number of fused-ring (bicyclic) bond motifs is 1. The summed E-state index contributed by atoms with van der Waals surface area (Å²) >= 11 is 0. The summed E-state index contributed by atoms with van der Waals surface area (Å²) in [6.07, 6.45) is 1.58. The van der Waals surface area contributed by atoms with Gasteiger partial charge >= 0.3 is 0 Å². The Morgan fingerprint density at radius 1 is 1.30 bits per heavy atom. The molecule has 1 saturated heterocycles. The van der Waals surface area contributed by atoms with Crippen LogP contribution in [0.25, 0.3) is 0 Å². The van der Waals surface area contributed by atoms with Gasteiger partial charge in [0, 0.05) is 38.9 Å². The van der Waals surface area contributed by atoms with Gasteiger partial charge in [0.05, 0.1) is 6.61 Å². The Hall–Kier alpha value is -2.19. The lowest BCUT2D eigenvalue weighted by atomic mass is 10.2. The summed E-state index contributed by atoms with van der Waals surface area (Å²) in [6, 6.07) is 3.47. The molecule has 2 amide bonds. The van der Waals surface area contributed by atoms with E-state index in [-0.39, 0.29) is 31.6 Å². The number of β-amino-alcohol motifs (C(OH)–C–C–N with tert-alkyl or cyclic N) is 1. The lowest BCUT2D eigenvalue weighted by Crippen LogP contribution is -2.53. The van der Waals surface area contributed by atoms with Crippen LogP contribution in [0, 0.1) is 0 Å². The molecule has 23 heavy (non-hydrogen) atoms. The number of rotatable bonds is 4. The Labute approximate surface area is 134 Å². The second-order valence-corrected chi connectivity index (χ2v) is 5.54. The van der Waals surface area contributed by atoms with Crippen LogP contribution in [-0.2, 0) is 9.59 Å². The average molecular weight is 320 g/mol. The zero-order valence-corrected chi connectivity index (χ0v) is 12.8. The molecular weight excluding hydrogens is 300 g/mol. The number of aromatic nitrogens is 1. The van der Waals surface area contributed by atoms with Crippen LogP contribution in [0.1, 0.15) is 0 Å². The van der Waals surface area contributed by atoms with Crippen molar-refractivity contribution in [3.05, 3.63) is 18.3 Å². The first-order valence-corrected chi connectivity index (χ1v) is 7.68. The minimum Gasteiger partial charge on any atom is -0.480 e. The highest BCUT2D eigenvalue weighted by Crippen LogP contribution is 2.28. The van der Waals surface area contributed by atoms with E-state index < -0.39 is 0 Å².